The van der Waals surface area contributed by atoms with E-state index in [0.717, 1.165) is 18.4 Å². The summed E-state index contributed by atoms with van der Waals surface area (Å²) in [7, 11) is 0. The number of H-pyrrole nitrogens is 1. The molecule has 0 bridgehead atoms. The molecule has 0 aliphatic heterocycles. The molecular formula is C28H35FN4O5. The summed E-state index contributed by atoms with van der Waals surface area (Å²) in [6.07, 6.45) is 6.49. The first-order chi connectivity index (χ1) is 18.5. The Kier molecular flexibility index (Phi) is 9.64. The number of nitrogens with one attached hydrogen (secondary N) is 1. The highest BCUT2D eigenvalue weighted by atomic mass is 19.1. The minimum Gasteiger partial charge on any atom is -0.475 e. The van der Waals surface area contributed by atoms with Crippen molar-refractivity contribution in [2.75, 3.05) is 26.4 Å². The summed E-state index contributed by atoms with van der Waals surface area (Å²) >= 11 is 0. The number of nitrogens with zero attached hydrogens (tertiary/aromatic N) is 3. The summed E-state index contributed by atoms with van der Waals surface area (Å²) in [6.45, 7) is 5.81. The molecule has 1 aromatic carbocycles. The minimum absolute atomic E-state index is 0.0129. The molecule has 10 heteroatoms. The third kappa shape index (κ3) is 6.86. The van der Waals surface area contributed by atoms with Crippen molar-refractivity contribution < 1.29 is 28.2 Å². The van der Waals surface area contributed by atoms with Gasteiger partial charge in [-0.05, 0) is 57.2 Å². The van der Waals surface area contributed by atoms with Crippen LogP contribution < -0.4 is 10.4 Å². The Bertz CT molecular complexity index is 1310. The third-order valence-corrected chi connectivity index (χ3v) is 6.67. The Morgan fingerprint density at radius 3 is 2.68 bits per heavy atom. The quantitative estimate of drug-likeness (QED) is 0.286. The summed E-state index contributed by atoms with van der Waals surface area (Å²) < 4.78 is 32.3. The van der Waals surface area contributed by atoms with Crippen LogP contribution in [0.2, 0.25) is 0 Å². The molecule has 1 amide bonds. The van der Waals surface area contributed by atoms with E-state index in [1.165, 1.54) is 24.3 Å². The average molecular weight is 527 g/mol. The summed E-state index contributed by atoms with van der Waals surface area (Å²) in [5, 5.41) is 0. The van der Waals surface area contributed by atoms with Gasteiger partial charge in [0.05, 0.1) is 36.4 Å². The van der Waals surface area contributed by atoms with Crippen molar-refractivity contribution in [2.24, 2.45) is 10.9 Å². The van der Waals surface area contributed by atoms with Gasteiger partial charge in [-0.2, -0.15) is 4.99 Å². The number of rotatable bonds is 11. The summed E-state index contributed by atoms with van der Waals surface area (Å²) in [5.74, 6) is -0.925. The largest absolute Gasteiger partial charge is 0.475 e. The number of imidazole rings is 1. The van der Waals surface area contributed by atoms with Gasteiger partial charge in [-0.1, -0.05) is 19.4 Å². The van der Waals surface area contributed by atoms with Gasteiger partial charge in [-0.25, -0.2) is 9.37 Å². The lowest BCUT2D eigenvalue weighted by Gasteiger charge is -2.28. The van der Waals surface area contributed by atoms with Crippen molar-refractivity contribution in [3.05, 3.63) is 53.5 Å². The maximum absolute atomic E-state index is 13.7. The molecule has 1 aliphatic carbocycles. The zero-order valence-electron chi connectivity index (χ0n) is 22.0. The van der Waals surface area contributed by atoms with E-state index < -0.39 is 11.7 Å². The van der Waals surface area contributed by atoms with Crippen molar-refractivity contribution in [2.45, 2.75) is 58.4 Å². The normalized spacial score (nSPS) is 18.0. The van der Waals surface area contributed by atoms with Gasteiger partial charge in [0.15, 0.2) is 0 Å². The van der Waals surface area contributed by atoms with E-state index in [9.17, 15) is 14.0 Å². The predicted octanol–water partition coefficient (Wildman–Crippen LogP) is 4.73. The maximum atomic E-state index is 13.7. The van der Waals surface area contributed by atoms with Gasteiger partial charge in [0.25, 0.3) is 5.91 Å². The van der Waals surface area contributed by atoms with Crippen LogP contribution >= 0.6 is 0 Å². The van der Waals surface area contributed by atoms with Gasteiger partial charge in [0.1, 0.15) is 12.4 Å². The number of ether oxygens (including phenoxy) is 3. The van der Waals surface area contributed by atoms with E-state index in [-0.39, 0.29) is 23.5 Å². The van der Waals surface area contributed by atoms with Crippen molar-refractivity contribution in [3.8, 4) is 5.88 Å². The first-order valence-electron chi connectivity index (χ1n) is 13.3. The lowest BCUT2D eigenvalue weighted by atomic mass is 9.86. The number of aromatic amines is 1. The van der Waals surface area contributed by atoms with Crippen LogP contribution in [-0.2, 0) is 14.3 Å². The first kappa shape index (κ1) is 27.5. The van der Waals surface area contributed by atoms with E-state index in [1.807, 2.05) is 10.6 Å². The average Bonchev–Trinajstić information content (AvgIpc) is 3.27. The number of fused-ring (bicyclic) bond motifs is 1. The summed E-state index contributed by atoms with van der Waals surface area (Å²) in [6, 6.07) is 7.27. The number of hydrogen-bond donors (Lipinski definition) is 1. The maximum Gasteiger partial charge on any atom is 0.308 e. The van der Waals surface area contributed by atoms with Crippen LogP contribution in [-0.4, -0.2) is 52.8 Å². The molecule has 0 radical (unpaired) electrons. The Morgan fingerprint density at radius 1 is 1.13 bits per heavy atom. The molecule has 0 saturated heterocycles. The summed E-state index contributed by atoms with van der Waals surface area (Å²) in [5.41, 5.74) is 1.98. The van der Waals surface area contributed by atoms with E-state index in [0.29, 0.717) is 69.1 Å². The molecule has 2 aromatic heterocycles. The van der Waals surface area contributed by atoms with Crippen LogP contribution in [0, 0.1) is 11.7 Å². The second-order valence-corrected chi connectivity index (χ2v) is 9.36. The molecule has 1 fully saturated rings. The zero-order valence-corrected chi connectivity index (χ0v) is 22.0. The Hall–Kier alpha value is -3.53. The number of benzene rings is 1. The zero-order chi connectivity index (χ0) is 26.9. The highest BCUT2D eigenvalue weighted by Crippen LogP contribution is 2.34. The van der Waals surface area contributed by atoms with Crippen molar-refractivity contribution >= 4 is 22.9 Å². The molecule has 4 rings (SSSR count). The molecule has 9 nitrogen and oxygen atoms in total. The molecule has 0 atom stereocenters. The van der Waals surface area contributed by atoms with Crippen LogP contribution in [0.15, 0.2) is 41.5 Å². The van der Waals surface area contributed by atoms with E-state index in [4.69, 9.17) is 14.2 Å². The molecule has 1 saturated carbocycles. The standard InChI is InChI=1S/C28H35FN4O5/c1-3-5-13-36-14-15-38-25-17-24-23(18-30-25)31-28(32-26(34)20-7-6-8-21(29)16-20)33(24)22-11-9-19(10-12-22)27(35)37-4-2/h6-8,16-19,22H,3-5,9-15H2,1-2H3,(H,31,32,34)/t19-,22+. The number of carbonyl (C=O) groups excluding carboxylic acids is 2. The van der Waals surface area contributed by atoms with Gasteiger partial charge >= 0.3 is 5.97 Å². The fourth-order valence-corrected chi connectivity index (χ4v) is 4.71. The Labute approximate surface area is 221 Å². The molecule has 204 valence electrons. The van der Waals surface area contributed by atoms with Crippen molar-refractivity contribution in [1.29, 1.82) is 0 Å². The number of unbranched alkanes of at least 4 members (excludes halogenated alkanes) is 1. The summed E-state index contributed by atoms with van der Waals surface area (Å²) in [4.78, 5) is 37.1. The van der Waals surface area contributed by atoms with Gasteiger partial charge in [-0.3, -0.25) is 9.59 Å². The second-order valence-electron chi connectivity index (χ2n) is 9.36. The van der Waals surface area contributed by atoms with Crippen LogP contribution in [0.4, 0.5) is 4.39 Å². The predicted molar refractivity (Wildman–Crippen MR) is 139 cm³/mol. The Morgan fingerprint density at radius 2 is 1.95 bits per heavy atom. The SMILES string of the molecule is CCCCOCCOc1cc2c(cn1)[nH]/c(=N\C(=O)c1cccc(F)c1)n2[C@H]1CC[C@@H](C(=O)OCC)CC1. The van der Waals surface area contributed by atoms with E-state index in [2.05, 4.69) is 21.9 Å². The van der Waals surface area contributed by atoms with Crippen LogP contribution in [0.1, 0.15) is 68.8 Å². The van der Waals surface area contributed by atoms with Crippen molar-refractivity contribution in [3.63, 3.8) is 0 Å². The van der Waals surface area contributed by atoms with E-state index >= 15 is 0 Å². The minimum atomic E-state index is -0.557. The molecule has 38 heavy (non-hydrogen) atoms. The number of esters is 1. The molecule has 2 heterocycles. The monoisotopic (exact) mass is 526 g/mol. The molecule has 3 aromatic rings. The second kappa shape index (κ2) is 13.3. The fourth-order valence-electron chi connectivity index (χ4n) is 4.71. The smallest absolute Gasteiger partial charge is 0.308 e. The van der Waals surface area contributed by atoms with Gasteiger partial charge in [0, 0.05) is 24.3 Å². The van der Waals surface area contributed by atoms with Crippen LogP contribution in [0.5, 0.6) is 5.88 Å². The van der Waals surface area contributed by atoms with Gasteiger partial charge < -0.3 is 23.8 Å². The third-order valence-electron chi connectivity index (χ3n) is 6.67. The molecule has 1 aliphatic rings. The molecule has 0 spiro atoms. The number of hydrogen-bond acceptors (Lipinski definition) is 6. The lowest BCUT2D eigenvalue weighted by Crippen LogP contribution is -2.30. The topological polar surface area (TPSA) is 108 Å². The van der Waals surface area contributed by atoms with Crippen LogP contribution in [0.25, 0.3) is 11.0 Å². The number of amides is 1. The number of pyridine rings is 1. The molecular weight excluding hydrogens is 491 g/mol. The highest BCUT2D eigenvalue weighted by Gasteiger charge is 2.29. The Balaban J connectivity index is 1.62. The van der Waals surface area contributed by atoms with Crippen LogP contribution in [0.3, 0.4) is 0 Å². The number of aromatic nitrogens is 3. The molecule has 1 N–H and O–H groups in total. The van der Waals surface area contributed by atoms with Crippen molar-refractivity contribution in [1.82, 2.24) is 14.5 Å². The first-order valence-corrected chi connectivity index (χ1v) is 13.3. The van der Waals surface area contributed by atoms with Gasteiger partial charge in [-0.15, -0.1) is 0 Å². The number of halogens is 1. The van der Waals surface area contributed by atoms with E-state index in [1.54, 1.807) is 13.1 Å². The fraction of sp³-hybridized carbons (Fsp3) is 0.500. The highest BCUT2D eigenvalue weighted by molar-refractivity contribution is 5.95. The number of carbonyl (C=O) groups is 2. The van der Waals surface area contributed by atoms with Gasteiger partial charge in [0.2, 0.25) is 11.5 Å². The molecule has 0 unspecified atom stereocenters. The lowest BCUT2D eigenvalue weighted by molar-refractivity contribution is -0.149.